The second-order valence-electron chi connectivity index (χ2n) is 7.36. The number of rotatable bonds is 10. The van der Waals surface area contributed by atoms with Crippen molar-refractivity contribution in [1.82, 2.24) is 4.90 Å². The van der Waals surface area contributed by atoms with Gasteiger partial charge in [-0.3, -0.25) is 9.59 Å². The molecule has 0 unspecified atom stereocenters. The Morgan fingerprint density at radius 3 is 2.50 bits per heavy atom. The topological polar surface area (TPSA) is 78.9 Å². The minimum absolute atomic E-state index is 0.0291. The Kier molecular flexibility index (Phi) is 7.49. The van der Waals surface area contributed by atoms with Crippen LogP contribution in [-0.2, 0) is 16.1 Å². The van der Waals surface area contributed by atoms with E-state index >= 15 is 0 Å². The molecule has 0 bridgehead atoms. The first-order valence-corrected chi connectivity index (χ1v) is 10.4. The van der Waals surface area contributed by atoms with Crippen LogP contribution < -0.4 is 10.1 Å². The van der Waals surface area contributed by atoms with Crippen molar-refractivity contribution < 1.29 is 19.4 Å². The van der Waals surface area contributed by atoms with Gasteiger partial charge in [0, 0.05) is 12.2 Å². The number of carbonyl (C=O) groups excluding carboxylic acids is 2. The average Bonchev–Trinajstić information content (AvgIpc) is 3.02. The molecule has 0 atom stereocenters. The Morgan fingerprint density at radius 1 is 1.07 bits per heavy atom. The van der Waals surface area contributed by atoms with Crippen LogP contribution >= 0.6 is 0 Å². The van der Waals surface area contributed by atoms with Crippen molar-refractivity contribution in [2.45, 2.75) is 39.2 Å². The highest BCUT2D eigenvalue weighted by Gasteiger charge is 2.35. The van der Waals surface area contributed by atoms with Crippen LogP contribution in [0.1, 0.15) is 38.2 Å². The summed E-state index contributed by atoms with van der Waals surface area (Å²) in [6.45, 7) is 3.20. The Bertz CT molecular complexity index is 891. The van der Waals surface area contributed by atoms with Gasteiger partial charge in [-0.1, -0.05) is 56.5 Å². The number of hydrogen-bond donors (Lipinski definition) is 2. The molecule has 1 aliphatic heterocycles. The molecule has 2 N–H and O–H groups in total. The summed E-state index contributed by atoms with van der Waals surface area (Å²) in [6, 6.07) is 16.5. The first-order valence-electron chi connectivity index (χ1n) is 10.4. The Balaban J connectivity index is 1.53. The molecular weight excluding hydrogens is 380 g/mol. The number of anilines is 1. The predicted octanol–water partition coefficient (Wildman–Crippen LogP) is 4.44. The number of aliphatic hydroxyl groups is 1. The molecule has 6 nitrogen and oxygen atoms in total. The number of hydrogen-bond acceptors (Lipinski definition) is 4. The van der Waals surface area contributed by atoms with Crippen molar-refractivity contribution in [3.05, 3.63) is 71.5 Å². The summed E-state index contributed by atoms with van der Waals surface area (Å²) in [5.74, 6) is -0.555. The van der Waals surface area contributed by atoms with Gasteiger partial charge in [-0.05, 0) is 36.2 Å². The van der Waals surface area contributed by atoms with Gasteiger partial charge in [0.1, 0.15) is 17.1 Å². The molecule has 30 heavy (non-hydrogen) atoms. The zero-order valence-corrected chi connectivity index (χ0v) is 17.3. The molecule has 2 amide bonds. The van der Waals surface area contributed by atoms with Gasteiger partial charge in [-0.2, -0.15) is 0 Å². The first-order chi connectivity index (χ1) is 14.6. The van der Waals surface area contributed by atoms with Crippen LogP contribution in [0.2, 0.25) is 0 Å². The van der Waals surface area contributed by atoms with Gasteiger partial charge in [0.05, 0.1) is 13.2 Å². The van der Waals surface area contributed by atoms with Crippen LogP contribution in [0.4, 0.5) is 5.69 Å². The van der Waals surface area contributed by atoms with E-state index < -0.39 is 11.8 Å². The third-order valence-electron chi connectivity index (χ3n) is 4.95. The van der Waals surface area contributed by atoms with Crippen molar-refractivity contribution >= 4 is 17.5 Å². The Morgan fingerprint density at radius 2 is 1.80 bits per heavy atom. The summed E-state index contributed by atoms with van der Waals surface area (Å²) in [6.07, 6.45) is 4.56. The molecule has 0 saturated heterocycles. The second kappa shape index (κ2) is 10.5. The molecular formula is C24H28N2O4. The molecule has 0 radical (unpaired) electrons. The van der Waals surface area contributed by atoms with Crippen molar-refractivity contribution in [2.24, 2.45) is 0 Å². The maximum atomic E-state index is 12.6. The highest BCUT2D eigenvalue weighted by Crippen LogP contribution is 2.22. The maximum absolute atomic E-state index is 12.6. The minimum atomic E-state index is -0.610. The predicted molar refractivity (Wildman–Crippen MR) is 116 cm³/mol. The monoisotopic (exact) mass is 408 g/mol. The summed E-state index contributed by atoms with van der Waals surface area (Å²) < 4.78 is 5.69. The number of unbranched alkanes of at least 4 members (excludes halogenated alkanes) is 3. The highest BCUT2D eigenvalue weighted by molar-refractivity contribution is 6.24. The van der Waals surface area contributed by atoms with E-state index in [9.17, 15) is 14.7 Å². The molecule has 158 valence electrons. The van der Waals surface area contributed by atoms with Gasteiger partial charge in [0.2, 0.25) is 0 Å². The van der Waals surface area contributed by atoms with Crippen LogP contribution in [-0.4, -0.2) is 35.0 Å². The summed E-state index contributed by atoms with van der Waals surface area (Å²) in [5, 5.41) is 12.9. The molecule has 1 heterocycles. The lowest BCUT2D eigenvalue weighted by Crippen LogP contribution is -2.30. The SMILES string of the molecule is CCCCCCOc1ccc(NC(=O)C2=C(O)CN(Cc3ccccc3)C2=O)cc1. The van der Waals surface area contributed by atoms with Gasteiger partial charge in [0.25, 0.3) is 11.8 Å². The van der Waals surface area contributed by atoms with Gasteiger partial charge >= 0.3 is 0 Å². The van der Waals surface area contributed by atoms with Crippen LogP contribution in [0.5, 0.6) is 5.75 Å². The van der Waals surface area contributed by atoms with Crippen LogP contribution in [0.3, 0.4) is 0 Å². The molecule has 0 aliphatic carbocycles. The number of nitrogens with one attached hydrogen (secondary N) is 1. The van der Waals surface area contributed by atoms with Gasteiger partial charge in [-0.25, -0.2) is 0 Å². The zero-order valence-electron chi connectivity index (χ0n) is 17.3. The van der Waals surface area contributed by atoms with E-state index in [1.165, 1.54) is 17.7 Å². The molecule has 1 aliphatic rings. The van der Waals surface area contributed by atoms with Gasteiger partial charge in [-0.15, -0.1) is 0 Å². The molecule has 2 aromatic rings. The average molecular weight is 408 g/mol. The molecule has 0 fully saturated rings. The van der Waals surface area contributed by atoms with E-state index in [2.05, 4.69) is 12.2 Å². The van der Waals surface area contributed by atoms with Gasteiger partial charge < -0.3 is 20.1 Å². The van der Waals surface area contributed by atoms with E-state index in [0.717, 1.165) is 24.2 Å². The Labute approximate surface area is 177 Å². The summed E-state index contributed by atoms with van der Waals surface area (Å²) in [5.41, 5.74) is 1.26. The highest BCUT2D eigenvalue weighted by atomic mass is 16.5. The van der Waals surface area contributed by atoms with E-state index in [1.807, 2.05) is 30.3 Å². The fourth-order valence-corrected chi connectivity index (χ4v) is 3.32. The van der Waals surface area contributed by atoms with Crippen molar-refractivity contribution in [3.63, 3.8) is 0 Å². The maximum Gasteiger partial charge on any atom is 0.264 e. The fraction of sp³-hybridized carbons (Fsp3) is 0.333. The summed E-state index contributed by atoms with van der Waals surface area (Å²) in [7, 11) is 0. The number of ether oxygens (including phenoxy) is 1. The Hall–Kier alpha value is -3.28. The van der Waals surface area contributed by atoms with Crippen molar-refractivity contribution in [3.8, 4) is 5.75 Å². The number of benzene rings is 2. The zero-order chi connectivity index (χ0) is 21.3. The molecule has 6 heteroatoms. The second-order valence-corrected chi connectivity index (χ2v) is 7.36. The van der Waals surface area contributed by atoms with Crippen molar-refractivity contribution in [1.29, 1.82) is 0 Å². The number of aliphatic hydroxyl groups excluding tert-OH is 1. The van der Waals surface area contributed by atoms with Crippen LogP contribution in [0.15, 0.2) is 65.9 Å². The smallest absolute Gasteiger partial charge is 0.264 e. The van der Waals surface area contributed by atoms with E-state index in [-0.39, 0.29) is 17.9 Å². The van der Waals surface area contributed by atoms with Crippen molar-refractivity contribution in [2.75, 3.05) is 18.5 Å². The van der Waals surface area contributed by atoms with E-state index in [4.69, 9.17) is 4.74 Å². The lowest BCUT2D eigenvalue weighted by Gasteiger charge is -2.16. The fourth-order valence-electron chi connectivity index (χ4n) is 3.32. The third kappa shape index (κ3) is 5.63. The lowest BCUT2D eigenvalue weighted by atomic mass is 10.2. The standard InChI is InChI=1S/C24H28N2O4/c1-2-3-4-8-15-30-20-13-11-19(12-14-20)25-23(28)22-21(27)17-26(24(22)29)16-18-9-6-5-7-10-18/h5-7,9-14,27H,2-4,8,15-17H2,1H3,(H,25,28). The van der Waals surface area contributed by atoms with Gasteiger partial charge in [0.15, 0.2) is 0 Å². The molecule has 0 aromatic heterocycles. The number of carbonyl (C=O) groups is 2. The number of nitrogens with zero attached hydrogens (tertiary/aromatic N) is 1. The molecule has 0 spiro atoms. The third-order valence-corrected chi connectivity index (χ3v) is 4.95. The minimum Gasteiger partial charge on any atom is -0.509 e. The van der Waals surface area contributed by atoms with Crippen LogP contribution in [0, 0.1) is 0 Å². The first kappa shape index (κ1) is 21.4. The largest absolute Gasteiger partial charge is 0.509 e. The van der Waals surface area contributed by atoms with E-state index in [0.29, 0.717) is 18.8 Å². The lowest BCUT2D eigenvalue weighted by molar-refractivity contribution is -0.128. The molecule has 2 aromatic carbocycles. The molecule has 0 saturated carbocycles. The van der Waals surface area contributed by atoms with Crippen LogP contribution in [0.25, 0.3) is 0 Å². The quantitative estimate of drug-likeness (QED) is 0.450. The van der Waals surface area contributed by atoms with E-state index in [1.54, 1.807) is 24.3 Å². The molecule has 3 rings (SSSR count). The summed E-state index contributed by atoms with van der Waals surface area (Å²) in [4.78, 5) is 26.7. The summed E-state index contributed by atoms with van der Waals surface area (Å²) >= 11 is 0. The normalized spacial score (nSPS) is 13.6. The number of amides is 2.